The van der Waals surface area contributed by atoms with Gasteiger partial charge in [-0.25, -0.2) is 8.78 Å². The lowest BCUT2D eigenvalue weighted by Crippen LogP contribution is -2.21. The van der Waals surface area contributed by atoms with E-state index in [4.69, 9.17) is 0 Å². The monoisotopic (exact) mass is 264 g/mol. The first-order valence-corrected chi connectivity index (χ1v) is 5.89. The first kappa shape index (κ1) is 13.6. The summed E-state index contributed by atoms with van der Waals surface area (Å²) in [5, 5.41) is 12.9. The van der Waals surface area contributed by atoms with Gasteiger partial charge in [-0.3, -0.25) is 4.98 Å². The van der Waals surface area contributed by atoms with E-state index in [9.17, 15) is 13.9 Å². The van der Waals surface area contributed by atoms with Crippen LogP contribution >= 0.6 is 0 Å². The molecule has 100 valence electrons. The number of hydrogen-bond acceptors (Lipinski definition) is 3. The third kappa shape index (κ3) is 3.81. The molecule has 0 bridgehead atoms. The molecule has 0 saturated carbocycles. The third-order valence-corrected chi connectivity index (χ3v) is 2.72. The average molecular weight is 264 g/mol. The van der Waals surface area contributed by atoms with Crippen molar-refractivity contribution in [3.8, 4) is 0 Å². The quantitative estimate of drug-likeness (QED) is 0.870. The Bertz CT molecular complexity index is 534. The minimum absolute atomic E-state index is 0.250. The van der Waals surface area contributed by atoms with Crippen molar-refractivity contribution >= 4 is 0 Å². The van der Waals surface area contributed by atoms with E-state index in [1.54, 1.807) is 12.4 Å². The molecule has 1 heterocycles. The molecule has 1 atom stereocenters. The summed E-state index contributed by atoms with van der Waals surface area (Å²) in [4.78, 5) is 3.97. The van der Waals surface area contributed by atoms with Crippen LogP contribution in [-0.4, -0.2) is 16.6 Å². The molecular formula is C14H14F2N2O. The van der Waals surface area contributed by atoms with E-state index >= 15 is 0 Å². The lowest BCUT2D eigenvalue weighted by atomic mass is 10.1. The van der Waals surface area contributed by atoms with E-state index in [1.165, 1.54) is 6.07 Å². The van der Waals surface area contributed by atoms with Crippen LogP contribution in [0, 0.1) is 11.6 Å². The number of halogens is 2. The molecule has 2 N–H and O–H groups in total. The number of nitrogens with zero attached hydrogens (tertiary/aromatic N) is 1. The van der Waals surface area contributed by atoms with Gasteiger partial charge in [0.2, 0.25) is 0 Å². The maximum atomic E-state index is 13.0. The van der Waals surface area contributed by atoms with Crippen molar-refractivity contribution in [2.75, 3.05) is 6.54 Å². The van der Waals surface area contributed by atoms with Gasteiger partial charge in [0.15, 0.2) is 11.6 Å². The van der Waals surface area contributed by atoms with Crippen LogP contribution in [0.25, 0.3) is 0 Å². The SMILES string of the molecule is OC(CNCc1cccnc1)c1ccc(F)c(F)c1. The second-order valence-electron chi connectivity index (χ2n) is 4.18. The van der Waals surface area contributed by atoms with Crippen LogP contribution in [0.1, 0.15) is 17.2 Å². The zero-order valence-corrected chi connectivity index (χ0v) is 10.2. The Morgan fingerprint density at radius 3 is 2.74 bits per heavy atom. The van der Waals surface area contributed by atoms with E-state index in [1.807, 2.05) is 12.1 Å². The predicted molar refractivity (Wildman–Crippen MR) is 67.3 cm³/mol. The van der Waals surface area contributed by atoms with Gasteiger partial charge in [0.25, 0.3) is 0 Å². The fourth-order valence-corrected chi connectivity index (χ4v) is 1.69. The maximum absolute atomic E-state index is 13.0. The van der Waals surface area contributed by atoms with Gasteiger partial charge in [0.05, 0.1) is 6.10 Å². The molecule has 0 aliphatic rings. The largest absolute Gasteiger partial charge is 0.387 e. The number of aliphatic hydroxyl groups is 1. The highest BCUT2D eigenvalue weighted by molar-refractivity contribution is 5.20. The minimum Gasteiger partial charge on any atom is -0.387 e. The predicted octanol–water partition coefficient (Wildman–Crippen LogP) is 2.18. The molecule has 0 spiro atoms. The third-order valence-electron chi connectivity index (χ3n) is 2.72. The molecule has 0 amide bonds. The molecule has 3 nitrogen and oxygen atoms in total. The molecule has 19 heavy (non-hydrogen) atoms. The average Bonchev–Trinajstić information content (AvgIpc) is 2.43. The number of aliphatic hydroxyl groups excluding tert-OH is 1. The summed E-state index contributed by atoms with van der Waals surface area (Å²) in [7, 11) is 0. The highest BCUT2D eigenvalue weighted by Crippen LogP contribution is 2.15. The fourth-order valence-electron chi connectivity index (χ4n) is 1.69. The number of pyridine rings is 1. The van der Waals surface area contributed by atoms with Gasteiger partial charge in [0, 0.05) is 25.5 Å². The number of aromatic nitrogens is 1. The molecule has 1 aromatic carbocycles. The zero-order chi connectivity index (χ0) is 13.7. The van der Waals surface area contributed by atoms with Crippen molar-refractivity contribution in [1.29, 1.82) is 0 Å². The molecule has 1 unspecified atom stereocenters. The van der Waals surface area contributed by atoms with Crippen molar-refractivity contribution in [1.82, 2.24) is 10.3 Å². The smallest absolute Gasteiger partial charge is 0.159 e. The van der Waals surface area contributed by atoms with Crippen LogP contribution in [0.3, 0.4) is 0 Å². The van der Waals surface area contributed by atoms with Crippen LogP contribution in [-0.2, 0) is 6.54 Å². The molecule has 0 aliphatic carbocycles. The molecule has 0 fully saturated rings. The molecule has 2 aromatic rings. The molecular weight excluding hydrogens is 250 g/mol. The van der Waals surface area contributed by atoms with Crippen molar-refractivity contribution in [2.24, 2.45) is 0 Å². The first-order valence-electron chi connectivity index (χ1n) is 5.89. The Kier molecular flexibility index (Phi) is 4.54. The summed E-state index contributed by atoms with van der Waals surface area (Å²) in [6, 6.07) is 7.11. The lowest BCUT2D eigenvalue weighted by Gasteiger charge is -2.12. The van der Waals surface area contributed by atoms with E-state index in [0.29, 0.717) is 12.1 Å². The minimum atomic E-state index is -0.955. The van der Waals surface area contributed by atoms with Gasteiger partial charge in [-0.2, -0.15) is 0 Å². The second-order valence-corrected chi connectivity index (χ2v) is 4.18. The van der Waals surface area contributed by atoms with Crippen molar-refractivity contribution in [3.05, 3.63) is 65.5 Å². The van der Waals surface area contributed by atoms with Gasteiger partial charge >= 0.3 is 0 Å². The number of benzene rings is 1. The maximum Gasteiger partial charge on any atom is 0.159 e. The van der Waals surface area contributed by atoms with Crippen LogP contribution in [0.15, 0.2) is 42.7 Å². The van der Waals surface area contributed by atoms with Gasteiger partial charge < -0.3 is 10.4 Å². The highest BCUT2D eigenvalue weighted by Gasteiger charge is 2.10. The second kappa shape index (κ2) is 6.36. The van der Waals surface area contributed by atoms with Crippen LogP contribution in [0.5, 0.6) is 0 Å². The van der Waals surface area contributed by atoms with Crippen molar-refractivity contribution in [2.45, 2.75) is 12.6 Å². The fraction of sp³-hybridized carbons (Fsp3) is 0.214. The Morgan fingerprint density at radius 2 is 2.05 bits per heavy atom. The summed E-state index contributed by atoms with van der Waals surface area (Å²) < 4.78 is 25.8. The Hall–Kier alpha value is -1.85. The summed E-state index contributed by atoms with van der Waals surface area (Å²) >= 11 is 0. The topological polar surface area (TPSA) is 45.1 Å². The molecule has 1 aromatic heterocycles. The van der Waals surface area contributed by atoms with E-state index in [2.05, 4.69) is 10.3 Å². The van der Waals surface area contributed by atoms with Gasteiger partial charge in [-0.05, 0) is 29.3 Å². The summed E-state index contributed by atoms with van der Waals surface area (Å²) in [6.45, 7) is 0.800. The van der Waals surface area contributed by atoms with Crippen molar-refractivity contribution < 1.29 is 13.9 Å². The lowest BCUT2D eigenvalue weighted by molar-refractivity contribution is 0.173. The van der Waals surface area contributed by atoms with E-state index in [0.717, 1.165) is 17.7 Å². The Balaban J connectivity index is 1.87. The Morgan fingerprint density at radius 1 is 1.21 bits per heavy atom. The number of rotatable bonds is 5. The van der Waals surface area contributed by atoms with Gasteiger partial charge in [0.1, 0.15) is 0 Å². The standard InChI is InChI=1S/C14H14F2N2O/c15-12-4-3-11(6-13(12)16)14(19)9-18-8-10-2-1-5-17-7-10/h1-7,14,18-19H,8-9H2. The first-order chi connectivity index (χ1) is 9.16. The van der Waals surface area contributed by atoms with Gasteiger partial charge in [-0.1, -0.05) is 12.1 Å². The molecule has 0 radical (unpaired) electrons. The zero-order valence-electron chi connectivity index (χ0n) is 10.2. The van der Waals surface area contributed by atoms with Crippen molar-refractivity contribution in [3.63, 3.8) is 0 Å². The highest BCUT2D eigenvalue weighted by atomic mass is 19.2. The van der Waals surface area contributed by atoms with Gasteiger partial charge in [-0.15, -0.1) is 0 Å². The summed E-state index contributed by atoms with van der Waals surface area (Å²) in [5.74, 6) is -1.87. The molecule has 0 aliphatic heterocycles. The Labute approximate surface area is 109 Å². The van der Waals surface area contributed by atoms with E-state index in [-0.39, 0.29) is 6.54 Å². The van der Waals surface area contributed by atoms with Crippen LogP contribution in [0.2, 0.25) is 0 Å². The molecule has 0 saturated heterocycles. The summed E-state index contributed by atoms with van der Waals surface area (Å²) in [5.41, 5.74) is 1.33. The van der Waals surface area contributed by atoms with Crippen LogP contribution < -0.4 is 5.32 Å². The number of nitrogens with one attached hydrogen (secondary N) is 1. The molecule has 2 rings (SSSR count). The van der Waals surface area contributed by atoms with E-state index < -0.39 is 17.7 Å². The number of hydrogen-bond donors (Lipinski definition) is 2. The summed E-state index contributed by atoms with van der Waals surface area (Å²) in [6.07, 6.45) is 2.52. The normalized spacial score (nSPS) is 12.4. The molecule has 5 heteroatoms. The van der Waals surface area contributed by atoms with Crippen LogP contribution in [0.4, 0.5) is 8.78 Å².